The van der Waals surface area contributed by atoms with Crippen LogP contribution in [0.5, 0.6) is 0 Å². The smallest absolute Gasteiger partial charge is 0.427 e. The van der Waals surface area contributed by atoms with Crippen molar-refractivity contribution in [2.24, 2.45) is 22.7 Å². The van der Waals surface area contributed by atoms with Crippen LogP contribution in [-0.2, 0) is 23.7 Å². The Morgan fingerprint density at radius 3 is 2.56 bits per heavy atom. The molecule has 3 aliphatic rings. The number of ether oxygens (including phenoxy) is 4. The maximum absolute atomic E-state index is 12.2. The molecule has 1 aliphatic heterocycles. The number of hydrogen-bond acceptors (Lipinski definition) is 6. The molecule has 1 saturated heterocycles. The Balaban J connectivity index is 2.10. The van der Waals surface area contributed by atoms with Crippen molar-refractivity contribution in [3.05, 3.63) is 0 Å². The van der Waals surface area contributed by atoms with Crippen molar-refractivity contribution in [2.45, 2.75) is 91.3 Å². The first kappa shape index (κ1) is 20.6. The van der Waals surface area contributed by atoms with Gasteiger partial charge >= 0.3 is 6.16 Å². The molecule has 0 aromatic rings. The fourth-order valence-electron chi connectivity index (χ4n) is 6.62. The number of rotatable bonds is 6. The fraction of sp³-hybridized carbons (Fsp3) is 0.905. The molecule has 0 aromatic carbocycles. The number of hydrogen-bond donors (Lipinski definition) is 0. The predicted octanol–water partition coefficient (Wildman–Crippen LogP) is 4.10. The van der Waals surface area contributed by atoms with E-state index in [1.807, 2.05) is 20.8 Å². The molecular formula is C21H34O6. The molecule has 154 valence electrons. The van der Waals surface area contributed by atoms with Gasteiger partial charge < -0.3 is 23.7 Å². The molecule has 0 radical (unpaired) electrons. The summed E-state index contributed by atoms with van der Waals surface area (Å²) in [5, 5.41) is 0. The lowest BCUT2D eigenvalue weighted by Crippen LogP contribution is -2.70. The van der Waals surface area contributed by atoms with Crippen molar-refractivity contribution >= 4 is 12.4 Å². The zero-order chi connectivity index (χ0) is 20.0. The van der Waals surface area contributed by atoms with Crippen LogP contribution >= 0.6 is 0 Å². The highest BCUT2D eigenvalue weighted by Crippen LogP contribution is 2.65. The maximum Gasteiger partial charge on any atom is 0.509 e. The van der Waals surface area contributed by atoms with Gasteiger partial charge in [0.1, 0.15) is 18.0 Å². The van der Waals surface area contributed by atoms with E-state index in [1.54, 1.807) is 0 Å². The van der Waals surface area contributed by atoms with Gasteiger partial charge in [-0.15, -0.1) is 0 Å². The molecule has 6 heteroatoms. The van der Waals surface area contributed by atoms with Crippen LogP contribution < -0.4 is 0 Å². The lowest BCUT2D eigenvalue weighted by molar-refractivity contribution is -0.296. The lowest BCUT2D eigenvalue weighted by Gasteiger charge is -2.64. The van der Waals surface area contributed by atoms with Gasteiger partial charge in [0.25, 0.3) is 0 Å². The number of carbonyl (C=O) groups excluding carboxylic acids is 2. The summed E-state index contributed by atoms with van der Waals surface area (Å²) < 4.78 is 23.4. The topological polar surface area (TPSA) is 71.1 Å². The summed E-state index contributed by atoms with van der Waals surface area (Å²) >= 11 is 0. The summed E-state index contributed by atoms with van der Waals surface area (Å²) in [6.45, 7) is 13.0. The largest absolute Gasteiger partial charge is 0.509 e. The standard InChI is InChI=1S/C21H34O6/c1-7-24-13(2)27-21(6)14(9-12-22)20(5)11-8-10-19(3,4)16(20)15-17(21)26-18(23)25-15/h12-17H,7-11H2,1-6H3/t13?,14-,15+,16+,17+,20-,21+/m1/s1. The van der Waals surface area contributed by atoms with Gasteiger partial charge in [-0.1, -0.05) is 27.2 Å². The predicted molar refractivity (Wildman–Crippen MR) is 99.1 cm³/mol. The Morgan fingerprint density at radius 2 is 1.93 bits per heavy atom. The van der Waals surface area contributed by atoms with Gasteiger partial charge in [-0.3, -0.25) is 0 Å². The normalized spacial score (nSPS) is 43.9. The van der Waals surface area contributed by atoms with E-state index < -0.39 is 24.2 Å². The Kier molecular flexibility index (Phi) is 5.36. The van der Waals surface area contributed by atoms with E-state index in [2.05, 4.69) is 20.8 Å². The quantitative estimate of drug-likeness (QED) is 0.391. The highest BCUT2D eigenvalue weighted by molar-refractivity contribution is 5.63. The molecule has 6 nitrogen and oxygen atoms in total. The molecule has 0 amide bonds. The van der Waals surface area contributed by atoms with Crippen molar-refractivity contribution in [3.8, 4) is 0 Å². The lowest BCUT2D eigenvalue weighted by atomic mass is 9.43. The summed E-state index contributed by atoms with van der Waals surface area (Å²) in [6, 6.07) is 0. The minimum Gasteiger partial charge on any atom is -0.427 e. The van der Waals surface area contributed by atoms with Gasteiger partial charge in [0.15, 0.2) is 12.4 Å². The molecule has 27 heavy (non-hydrogen) atoms. The van der Waals surface area contributed by atoms with Crippen molar-refractivity contribution in [1.29, 1.82) is 0 Å². The number of fused-ring (bicyclic) bond motifs is 3. The minimum absolute atomic E-state index is 0.0160. The van der Waals surface area contributed by atoms with E-state index in [-0.39, 0.29) is 28.8 Å². The zero-order valence-corrected chi connectivity index (χ0v) is 17.4. The van der Waals surface area contributed by atoms with E-state index in [1.165, 1.54) is 0 Å². The van der Waals surface area contributed by atoms with Crippen LogP contribution in [0.25, 0.3) is 0 Å². The van der Waals surface area contributed by atoms with Crippen LogP contribution in [-0.4, -0.2) is 43.1 Å². The molecule has 0 spiro atoms. The first-order valence-corrected chi connectivity index (χ1v) is 10.2. The molecule has 2 saturated carbocycles. The fourth-order valence-corrected chi connectivity index (χ4v) is 6.62. The van der Waals surface area contributed by atoms with E-state index in [0.717, 1.165) is 25.5 Å². The number of aldehydes is 1. The van der Waals surface area contributed by atoms with Gasteiger partial charge in [0.05, 0.1) is 0 Å². The highest BCUT2D eigenvalue weighted by atomic mass is 16.8. The van der Waals surface area contributed by atoms with Crippen LogP contribution in [0.2, 0.25) is 0 Å². The van der Waals surface area contributed by atoms with E-state index in [9.17, 15) is 9.59 Å². The molecule has 7 atom stereocenters. The van der Waals surface area contributed by atoms with Gasteiger partial charge in [0, 0.05) is 24.9 Å². The van der Waals surface area contributed by atoms with Gasteiger partial charge in [-0.05, 0) is 44.4 Å². The first-order chi connectivity index (χ1) is 12.6. The van der Waals surface area contributed by atoms with E-state index in [4.69, 9.17) is 18.9 Å². The first-order valence-electron chi connectivity index (χ1n) is 10.2. The monoisotopic (exact) mass is 382 g/mol. The maximum atomic E-state index is 12.2. The second-order valence-electron chi connectivity index (χ2n) is 9.48. The van der Waals surface area contributed by atoms with E-state index in [0.29, 0.717) is 13.0 Å². The summed E-state index contributed by atoms with van der Waals surface area (Å²) in [7, 11) is 0. The average Bonchev–Trinajstić information content (AvgIpc) is 2.92. The van der Waals surface area contributed by atoms with Crippen molar-refractivity contribution in [1.82, 2.24) is 0 Å². The molecule has 0 bridgehead atoms. The van der Waals surface area contributed by atoms with Gasteiger partial charge in [-0.2, -0.15) is 0 Å². The Morgan fingerprint density at radius 1 is 1.22 bits per heavy atom. The summed E-state index contributed by atoms with van der Waals surface area (Å²) in [4.78, 5) is 23.8. The van der Waals surface area contributed by atoms with Crippen molar-refractivity contribution in [3.63, 3.8) is 0 Å². The molecule has 3 fully saturated rings. The molecule has 1 heterocycles. The molecule has 0 N–H and O–H groups in total. The third kappa shape index (κ3) is 3.19. The molecule has 1 unspecified atom stereocenters. The van der Waals surface area contributed by atoms with Crippen molar-refractivity contribution < 1.29 is 28.5 Å². The number of carbonyl (C=O) groups is 2. The van der Waals surface area contributed by atoms with Gasteiger partial charge in [-0.25, -0.2) is 4.79 Å². The minimum atomic E-state index is -0.856. The van der Waals surface area contributed by atoms with E-state index >= 15 is 0 Å². The summed E-state index contributed by atoms with van der Waals surface area (Å²) in [6.07, 6.45) is 2.42. The van der Waals surface area contributed by atoms with Gasteiger partial charge in [0.2, 0.25) is 0 Å². The highest BCUT2D eigenvalue weighted by Gasteiger charge is 2.70. The van der Waals surface area contributed by atoms with Crippen LogP contribution in [0.4, 0.5) is 4.79 Å². The second kappa shape index (κ2) is 7.03. The molecule has 2 aliphatic carbocycles. The van der Waals surface area contributed by atoms with Crippen LogP contribution in [0.1, 0.15) is 67.2 Å². The third-order valence-electron chi connectivity index (χ3n) is 7.38. The third-order valence-corrected chi connectivity index (χ3v) is 7.38. The second-order valence-corrected chi connectivity index (χ2v) is 9.48. The molecule has 0 aromatic heterocycles. The summed E-state index contributed by atoms with van der Waals surface area (Å²) in [5.41, 5.74) is -1.07. The zero-order valence-electron chi connectivity index (χ0n) is 17.4. The summed E-state index contributed by atoms with van der Waals surface area (Å²) in [5.74, 6) is 0.0185. The van der Waals surface area contributed by atoms with Crippen molar-refractivity contribution in [2.75, 3.05) is 6.61 Å². The molecule has 3 rings (SSSR count). The SMILES string of the molecule is CCOC(C)O[C@@]1(C)[C@H](CC=O)[C@@]2(C)CCCC(C)(C)[C@@H]2[C@@H]2OC(=O)O[C@@H]21. The molecular weight excluding hydrogens is 348 g/mol. The van der Waals surface area contributed by atoms with Crippen LogP contribution in [0, 0.1) is 22.7 Å². The Labute approximate surface area is 162 Å². The van der Waals surface area contributed by atoms with Crippen LogP contribution in [0.3, 0.4) is 0 Å². The Bertz CT molecular complexity index is 589. The average molecular weight is 382 g/mol. The van der Waals surface area contributed by atoms with Crippen LogP contribution in [0.15, 0.2) is 0 Å². The Hall–Kier alpha value is -1.14.